The number of hydrogen-bond acceptors (Lipinski definition) is 2. The second-order valence-corrected chi connectivity index (χ2v) is 7.42. The molecule has 0 heterocycles. The Labute approximate surface area is 127 Å². The van der Waals surface area contributed by atoms with Gasteiger partial charge in [-0.3, -0.25) is 0 Å². The molecule has 1 aromatic rings. The number of hydrogen-bond donors (Lipinski definition) is 1. The van der Waals surface area contributed by atoms with E-state index in [0.717, 1.165) is 23.6 Å². The lowest BCUT2D eigenvalue weighted by atomic mass is 9.68. The monoisotopic (exact) mass is 295 g/mol. The van der Waals surface area contributed by atoms with Crippen molar-refractivity contribution in [3.63, 3.8) is 0 Å². The molecule has 0 amide bonds. The molecule has 1 saturated carbocycles. The first-order valence-electron chi connectivity index (χ1n) is 7.52. The van der Waals surface area contributed by atoms with Crippen LogP contribution in [0.25, 0.3) is 0 Å². The Hall–Kier alpha value is -0.730. The molecule has 0 bridgehead atoms. The Morgan fingerprint density at radius 1 is 1.30 bits per heavy atom. The lowest BCUT2D eigenvalue weighted by Crippen LogP contribution is -2.41. The zero-order valence-electron chi connectivity index (χ0n) is 12.7. The smallest absolute Gasteiger partial charge is 0.121 e. The van der Waals surface area contributed by atoms with Crippen molar-refractivity contribution < 1.29 is 4.74 Å². The summed E-state index contributed by atoms with van der Waals surface area (Å²) in [4.78, 5) is 0. The van der Waals surface area contributed by atoms with Crippen LogP contribution in [0.5, 0.6) is 5.75 Å². The van der Waals surface area contributed by atoms with Crippen molar-refractivity contribution >= 4 is 11.6 Å². The predicted molar refractivity (Wildman–Crippen MR) is 85.2 cm³/mol. The second-order valence-electron chi connectivity index (χ2n) is 6.99. The minimum absolute atomic E-state index is 0.205. The van der Waals surface area contributed by atoms with Gasteiger partial charge in [0, 0.05) is 10.9 Å². The fourth-order valence-electron chi connectivity index (χ4n) is 3.11. The Kier molecular flexibility index (Phi) is 4.98. The maximum atomic E-state index is 6.20. The van der Waals surface area contributed by atoms with Crippen molar-refractivity contribution in [2.24, 2.45) is 23.0 Å². The zero-order valence-corrected chi connectivity index (χ0v) is 13.5. The van der Waals surface area contributed by atoms with Crippen molar-refractivity contribution in [2.45, 2.75) is 46.1 Å². The van der Waals surface area contributed by atoms with E-state index in [9.17, 15) is 0 Å². The highest BCUT2D eigenvalue weighted by atomic mass is 35.5. The molecule has 0 radical (unpaired) electrons. The summed E-state index contributed by atoms with van der Waals surface area (Å²) >= 11 is 6.03. The summed E-state index contributed by atoms with van der Waals surface area (Å²) in [5.74, 6) is 2.00. The summed E-state index contributed by atoms with van der Waals surface area (Å²) in [5.41, 5.74) is 6.25. The third kappa shape index (κ3) is 3.89. The largest absolute Gasteiger partial charge is 0.490 e. The molecule has 0 aromatic heterocycles. The topological polar surface area (TPSA) is 35.2 Å². The van der Waals surface area contributed by atoms with E-state index < -0.39 is 0 Å². The molecule has 1 aliphatic carbocycles. The van der Waals surface area contributed by atoms with Crippen LogP contribution in [0.1, 0.15) is 40.0 Å². The van der Waals surface area contributed by atoms with Crippen LogP contribution in [0.15, 0.2) is 24.3 Å². The number of ether oxygens (including phenoxy) is 1. The third-order valence-corrected chi connectivity index (χ3v) is 4.77. The minimum Gasteiger partial charge on any atom is -0.490 e. The average Bonchev–Trinajstić information content (AvgIpc) is 2.37. The van der Waals surface area contributed by atoms with E-state index in [-0.39, 0.29) is 6.10 Å². The molecule has 20 heavy (non-hydrogen) atoms. The molecule has 0 saturated heterocycles. The van der Waals surface area contributed by atoms with E-state index in [0.29, 0.717) is 23.8 Å². The van der Waals surface area contributed by atoms with Crippen molar-refractivity contribution in [1.82, 2.24) is 0 Å². The van der Waals surface area contributed by atoms with Crippen LogP contribution in [0.3, 0.4) is 0 Å². The summed E-state index contributed by atoms with van der Waals surface area (Å²) in [6.45, 7) is 7.65. The van der Waals surface area contributed by atoms with Gasteiger partial charge in [-0.1, -0.05) is 38.4 Å². The molecule has 2 nitrogen and oxygen atoms in total. The summed E-state index contributed by atoms with van der Waals surface area (Å²) in [7, 11) is 0. The van der Waals surface area contributed by atoms with E-state index in [2.05, 4.69) is 20.8 Å². The average molecular weight is 296 g/mol. The van der Waals surface area contributed by atoms with Gasteiger partial charge in [0.15, 0.2) is 0 Å². The van der Waals surface area contributed by atoms with Crippen LogP contribution in [-0.4, -0.2) is 12.6 Å². The van der Waals surface area contributed by atoms with Crippen LogP contribution in [0.4, 0.5) is 0 Å². The van der Waals surface area contributed by atoms with Crippen molar-refractivity contribution in [3.8, 4) is 5.75 Å². The van der Waals surface area contributed by atoms with E-state index in [1.807, 2.05) is 24.3 Å². The highest BCUT2D eigenvalue weighted by molar-refractivity contribution is 6.30. The molecular weight excluding hydrogens is 270 g/mol. The molecule has 1 aliphatic rings. The van der Waals surface area contributed by atoms with E-state index in [1.54, 1.807) is 0 Å². The van der Waals surface area contributed by atoms with Gasteiger partial charge in [0.05, 0.1) is 0 Å². The highest BCUT2D eigenvalue weighted by Crippen LogP contribution is 2.41. The van der Waals surface area contributed by atoms with Gasteiger partial charge in [0.25, 0.3) is 0 Å². The zero-order chi connectivity index (χ0) is 14.8. The first kappa shape index (κ1) is 15.7. The molecule has 3 heteroatoms. The number of benzene rings is 1. The van der Waals surface area contributed by atoms with Gasteiger partial charge in [-0.05, 0) is 55.3 Å². The second kappa shape index (κ2) is 6.36. The normalized spacial score (nSPS) is 27.4. The van der Waals surface area contributed by atoms with Crippen molar-refractivity contribution in [3.05, 3.63) is 29.3 Å². The lowest BCUT2D eigenvalue weighted by Gasteiger charge is -2.41. The number of rotatable bonds is 3. The third-order valence-electron chi connectivity index (χ3n) is 4.54. The molecule has 0 spiro atoms. The molecule has 2 rings (SSSR count). The molecule has 3 atom stereocenters. The van der Waals surface area contributed by atoms with E-state index >= 15 is 0 Å². The predicted octanol–water partition coefficient (Wildman–Crippen LogP) is 4.51. The molecular formula is C17H26ClNO. The van der Waals surface area contributed by atoms with E-state index in [4.69, 9.17) is 22.1 Å². The Balaban J connectivity index is 2.09. The van der Waals surface area contributed by atoms with Gasteiger partial charge in [0.2, 0.25) is 0 Å². The molecule has 112 valence electrons. The molecule has 1 fully saturated rings. The van der Waals surface area contributed by atoms with Crippen LogP contribution < -0.4 is 10.5 Å². The molecule has 2 N–H and O–H groups in total. The summed E-state index contributed by atoms with van der Waals surface area (Å²) in [6, 6.07) is 7.66. The van der Waals surface area contributed by atoms with Gasteiger partial charge in [0.1, 0.15) is 11.9 Å². The summed E-state index contributed by atoms with van der Waals surface area (Å²) in [5, 5.41) is 0.718. The lowest BCUT2D eigenvalue weighted by molar-refractivity contribution is 0.0331. The fraction of sp³-hybridized carbons (Fsp3) is 0.647. The Morgan fingerprint density at radius 3 is 2.65 bits per heavy atom. The van der Waals surface area contributed by atoms with Gasteiger partial charge < -0.3 is 10.5 Å². The van der Waals surface area contributed by atoms with Crippen LogP contribution in [0, 0.1) is 17.3 Å². The van der Waals surface area contributed by atoms with Gasteiger partial charge in [-0.15, -0.1) is 0 Å². The fourth-order valence-corrected chi connectivity index (χ4v) is 3.29. The number of halogens is 1. The molecule has 3 unspecified atom stereocenters. The van der Waals surface area contributed by atoms with Gasteiger partial charge >= 0.3 is 0 Å². The standard InChI is InChI=1S/C17H26ClNO/c1-17(2,3)13-8-7-12(11-19)16(9-13)20-15-6-4-5-14(18)10-15/h4-6,10,12-13,16H,7-9,11,19H2,1-3H3. The van der Waals surface area contributed by atoms with Gasteiger partial charge in [-0.25, -0.2) is 0 Å². The van der Waals surface area contributed by atoms with E-state index in [1.165, 1.54) is 6.42 Å². The van der Waals surface area contributed by atoms with Crippen LogP contribution in [-0.2, 0) is 0 Å². The van der Waals surface area contributed by atoms with Crippen LogP contribution in [0.2, 0.25) is 5.02 Å². The quantitative estimate of drug-likeness (QED) is 0.890. The Bertz CT molecular complexity index is 441. The van der Waals surface area contributed by atoms with Crippen molar-refractivity contribution in [1.29, 1.82) is 0 Å². The molecule has 0 aliphatic heterocycles. The maximum Gasteiger partial charge on any atom is 0.121 e. The first-order chi connectivity index (χ1) is 9.40. The van der Waals surface area contributed by atoms with Gasteiger partial charge in [-0.2, -0.15) is 0 Å². The SMILES string of the molecule is CC(C)(C)C1CCC(CN)C(Oc2cccc(Cl)c2)C1. The summed E-state index contributed by atoms with van der Waals surface area (Å²) < 4.78 is 6.20. The highest BCUT2D eigenvalue weighted by Gasteiger charge is 2.36. The number of nitrogens with two attached hydrogens (primary N) is 1. The summed E-state index contributed by atoms with van der Waals surface area (Å²) in [6.07, 6.45) is 3.69. The Morgan fingerprint density at radius 2 is 2.05 bits per heavy atom. The minimum atomic E-state index is 0.205. The first-order valence-corrected chi connectivity index (χ1v) is 7.90. The van der Waals surface area contributed by atoms with Crippen LogP contribution >= 0.6 is 11.6 Å². The maximum absolute atomic E-state index is 6.20. The van der Waals surface area contributed by atoms with Crippen molar-refractivity contribution in [2.75, 3.05) is 6.54 Å². The molecule has 1 aromatic carbocycles.